The lowest BCUT2D eigenvalue weighted by atomic mass is 9.82. The third-order valence-corrected chi connectivity index (χ3v) is 10.5. The number of nitrogens with one attached hydrogen (secondary N) is 1. The van der Waals surface area contributed by atoms with E-state index in [4.69, 9.17) is 4.74 Å². The van der Waals surface area contributed by atoms with E-state index in [1.54, 1.807) is 18.2 Å². The summed E-state index contributed by atoms with van der Waals surface area (Å²) in [6.07, 6.45) is 6.49. The van der Waals surface area contributed by atoms with Crippen LogP contribution in [0.5, 0.6) is 5.88 Å². The van der Waals surface area contributed by atoms with Gasteiger partial charge in [-0.25, -0.2) is 28.1 Å². The van der Waals surface area contributed by atoms with Crippen LogP contribution in [0.1, 0.15) is 76.4 Å². The average molecular weight is 702 g/mol. The standard InChI is InChI=1S/C38H51N7O4S/c1-26-11-9-14-31(19-26)50(47,48)43-36-41-32(35-27(2)12-10-13-28(35)3)20-34(42-36)49-25-29(21-37(4,5)6)45(46)24-33-39-22-30(23-40-33)44-17-15-38(7,8)16-18-44/h9-14,19-20,22-23,29,46H,15-18,21,24-25H2,1-8H3,(H,41,42,43)/t29-/m1/s1. The summed E-state index contributed by atoms with van der Waals surface area (Å²) in [6.45, 7) is 18.8. The van der Waals surface area contributed by atoms with Gasteiger partial charge in [0, 0.05) is 24.7 Å². The molecule has 0 saturated carbocycles. The highest BCUT2D eigenvalue weighted by atomic mass is 32.2. The first-order valence-electron chi connectivity index (χ1n) is 17.2. The summed E-state index contributed by atoms with van der Waals surface area (Å²) in [5.41, 5.74) is 5.34. The fraction of sp³-hybridized carbons (Fsp3) is 0.474. The summed E-state index contributed by atoms with van der Waals surface area (Å²) in [6, 6.07) is 13.8. The van der Waals surface area contributed by atoms with Crippen molar-refractivity contribution < 1.29 is 18.4 Å². The lowest BCUT2D eigenvalue weighted by Crippen LogP contribution is -2.40. The fourth-order valence-electron chi connectivity index (χ4n) is 6.23. The summed E-state index contributed by atoms with van der Waals surface area (Å²) in [5.74, 6) is 0.567. The highest BCUT2D eigenvalue weighted by Crippen LogP contribution is 2.33. The number of hydrogen-bond acceptors (Lipinski definition) is 10. The average Bonchev–Trinajstić information content (AvgIpc) is 3.03. The summed E-state index contributed by atoms with van der Waals surface area (Å²) in [7, 11) is -3.99. The molecule has 0 unspecified atom stereocenters. The molecule has 1 saturated heterocycles. The molecule has 4 aromatic rings. The second-order valence-corrected chi connectivity index (χ2v) is 17.1. The number of sulfonamides is 1. The molecule has 268 valence electrons. The van der Waals surface area contributed by atoms with Gasteiger partial charge in [-0.1, -0.05) is 65.0 Å². The third-order valence-electron chi connectivity index (χ3n) is 9.14. The second-order valence-electron chi connectivity index (χ2n) is 15.4. The van der Waals surface area contributed by atoms with Gasteiger partial charge in [-0.2, -0.15) is 10.0 Å². The summed E-state index contributed by atoms with van der Waals surface area (Å²) in [4.78, 5) is 20.7. The Kier molecular flexibility index (Phi) is 11.1. The molecule has 0 bridgehead atoms. The Balaban J connectivity index is 1.37. The minimum absolute atomic E-state index is 0.0721. The maximum Gasteiger partial charge on any atom is 0.264 e. The van der Waals surface area contributed by atoms with Gasteiger partial charge in [0.25, 0.3) is 10.0 Å². The summed E-state index contributed by atoms with van der Waals surface area (Å²) >= 11 is 0. The van der Waals surface area contributed by atoms with Crippen LogP contribution in [-0.2, 0) is 16.6 Å². The molecule has 1 aliphatic heterocycles. The zero-order valence-corrected chi connectivity index (χ0v) is 31.4. The Morgan fingerprint density at radius 1 is 0.980 bits per heavy atom. The van der Waals surface area contributed by atoms with E-state index >= 15 is 0 Å². The molecule has 0 radical (unpaired) electrons. The highest BCUT2D eigenvalue weighted by molar-refractivity contribution is 7.92. The van der Waals surface area contributed by atoms with Gasteiger partial charge in [-0.3, -0.25) is 0 Å². The number of rotatable bonds is 12. The van der Waals surface area contributed by atoms with Gasteiger partial charge in [0.05, 0.1) is 41.3 Å². The number of hydrogen-bond donors (Lipinski definition) is 2. The molecule has 0 spiro atoms. The van der Waals surface area contributed by atoms with Crippen molar-refractivity contribution in [2.45, 2.75) is 92.1 Å². The predicted molar refractivity (Wildman–Crippen MR) is 197 cm³/mol. The van der Waals surface area contributed by atoms with Crippen LogP contribution in [0.25, 0.3) is 11.3 Å². The van der Waals surface area contributed by atoms with E-state index in [-0.39, 0.29) is 35.3 Å². The van der Waals surface area contributed by atoms with Crippen LogP contribution in [0.4, 0.5) is 11.6 Å². The van der Waals surface area contributed by atoms with Gasteiger partial charge in [0.15, 0.2) is 0 Å². The van der Waals surface area contributed by atoms with Crippen molar-refractivity contribution in [3.05, 3.63) is 83.4 Å². The summed E-state index contributed by atoms with van der Waals surface area (Å²) in [5, 5.41) is 12.6. The normalized spacial score (nSPS) is 15.6. The van der Waals surface area contributed by atoms with Crippen molar-refractivity contribution in [1.82, 2.24) is 25.0 Å². The van der Waals surface area contributed by atoms with E-state index in [0.717, 1.165) is 53.9 Å². The molecule has 2 N–H and O–H groups in total. The van der Waals surface area contributed by atoms with E-state index in [0.29, 0.717) is 23.4 Å². The number of benzene rings is 2. The topological polar surface area (TPSA) is 134 Å². The molecule has 2 aromatic carbocycles. The van der Waals surface area contributed by atoms with Crippen LogP contribution >= 0.6 is 0 Å². The van der Waals surface area contributed by atoms with E-state index in [1.165, 1.54) is 11.1 Å². The number of aryl methyl sites for hydroxylation is 3. The maximum absolute atomic E-state index is 13.4. The number of hydroxylamine groups is 2. The molecule has 11 nitrogen and oxygen atoms in total. The molecule has 0 aliphatic carbocycles. The molecule has 0 amide bonds. The molecular weight excluding hydrogens is 651 g/mol. The van der Waals surface area contributed by atoms with Gasteiger partial charge in [-0.15, -0.1) is 0 Å². The first-order chi connectivity index (χ1) is 23.5. The quantitative estimate of drug-likeness (QED) is 0.144. The number of nitrogens with zero attached hydrogens (tertiary/aromatic N) is 6. The fourth-order valence-corrected chi connectivity index (χ4v) is 7.28. The SMILES string of the molecule is Cc1cccc(S(=O)(=O)Nc2nc(OC[C@@H](CC(C)(C)C)N(O)Cc3ncc(N4CCC(C)(C)CC4)cn3)cc(-c3c(C)cccc3C)n2)c1. The molecule has 1 fully saturated rings. The highest BCUT2D eigenvalue weighted by Gasteiger charge is 2.28. The third kappa shape index (κ3) is 9.76. The Labute approximate surface area is 297 Å². The molecule has 5 rings (SSSR count). The first-order valence-corrected chi connectivity index (χ1v) is 18.7. The molecule has 12 heteroatoms. The Bertz CT molecular complexity index is 1860. The number of anilines is 2. The minimum Gasteiger partial charge on any atom is -0.476 e. The van der Waals surface area contributed by atoms with Crippen molar-refractivity contribution in [2.24, 2.45) is 10.8 Å². The van der Waals surface area contributed by atoms with Gasteiger partial charge in [-0.05, 0) is 79.7 Å². The monoisotopic (exact) mass is 701 g/mol. The molecule has 2 aromatic heterocycles. The van der Waals surface area contributed by atoms with Crippen molar-refractivity contribution >= 4 is 21.7 Å². The molecular formula is C38H51N7O4S. The van der Waals surface area contributed by atoms with Crippen molar-refractivity contribution in [2.75, 3.05) is 29.3 Å². The van der Waals surface area contributed by atoms with Gasteiger partial charge in [0.2, 0.25) is 11.8 Å². The van der Waals surface area contributed by atoms with Crippen LogP contribution in [0.3, 0.4) is 0 Å². The van der Waals surface area contributed by atoms with Crippen LogP contribution in [0.15, 0.2) is 65.8 Å². The van der Waals surface area contributed by atoms with Gasteiger partial charge < -0.3 is 14.8 Å². The Morgan fingerprint density at radius 2 is 1.62 bits per heavy atom. The number of aromatic nitrogens is 4. The summed E-state index contributed by atoms with van der Waals surface area (Å²) < 4.78 is 35.6. The van der Waals surface area contributed by atoms with Crippen molar-refractivity contribution in [1.29, 1.82) is 0 Å². The van der Waals surface area contributed by atoms with Gasteiger partial charge in [0.1, 0.15) is 12.4 Å². The van der Waals surface area contributed by atoms with Crippen LogP contribution in [-0.4, -0.2) is 64.4 Å². The molecule has 1 atom stereocenters. The largest absolute Gasteiger partial charge is 0.476 e. The zero-order chi connectivity index (χ0) is 36.3. The van der Waals surface area contributed by atoms with Crippen molar-refractivity contribution in [3.63, 3.8) is 0 Å². The Hall–Kier alpha value is -4.13. The minimum atomic E-state index is -3.99. The maximum atomic E-state index is 13.4. The van der Waals surface area contributed by atoms with Crippen LogP contribution in [0, 0.1) is 31.6 Å². The molecule has 3 heterocycles. The number of ether oxygens (including phenoxy) is 1. The zero-order valence-electron chi connectivity index (χ0n) is 30.6. The van der Waals surface area contributed by atoms with Gasteiger partial charge >= 0.3 is 0 Å². The lowest BCUT2D eigenvalue weighted by Gasteiger charge is -2.37. The predicted octanol–water partition coefficient (Wildman–Crippen LogP) is 7.36. The number of piperidine rings is 1. The first kappa shape index (κ1) is 37.1. The molecule has 50 heavy (non-hydrogen) atoms. The van der Waals surface area contributed by atoms with Crippen LogP contribution in [0.2, 0.25) is 0 Å². The van der Waals surface area contributed by atoms with E-state index < -0.39 is 16.1 Å². The van der Waals surface area contributed by atoms with Crippen LogP contribution < -0.4 is 14.4 Å². The smallest absolute Gasteiger partial charge is 0.264 e. The Morgan fingerprint density at radius 3 is 2.24 bits per heavy atom. The van der Waals surface area contributed by atoms with E-state index in [1.807, 2.05) is 57.4 Å². The lowest BCUT2D eigenvalue weighted by molar-refractivity contribution is -0.152. The molecule has 1 aliphatic rings. The van der Waals surface area contributed by atoms with E-state index in [2.05, 4.69) is 64.2 Å². The van der Waals surface area contributed by atoms with Crippen molar-refractivity contribution in [3.8, 4) is 17.1 Å². The van der Waals surface area contributed by atoms with E-state index in [9.17, 15) is 13.6 Å². The second kappa shape index (κ2) is 15.0.